The fraction of sp³-hybridized carbons (Fsp3) is 0.533. The van der Waals surface area contributed by atoms with E-state index in [0.717, 1.165) is 24.4 Å². The number of hydrogen-bond acceptors (Lipinski definition) is 3. The summed E-state index contributed by atoms with van der Waals surface area (Å²) < 4.78 is 5.35. The van der Waals surface area contributed by atoms with Gasteiger partial charge < -0.3 is 15.0 Å². The van der Waals surface area contributed by atoms with E-state index in [9.17, 15) is 4.79 Å². The number of carbonyl (C=O) groups is 1. The molecule has 0 aromatic heterocycles. The maximum Gasteiger partial charge on any atom is 0.222 e. The van der Waals surface area contributed by atoms with Crippen LogP contribution in [-0.2, 0) is 11.3 Å². The Labute approximate surface area is 114 Å². The van der Waals surface area contributed by atoms with Gasteiger partial charge in [-0.2, -0.15) is 0 Å². The van der Waals surface area contributed by atoms with Crippen LogP contribution in [0.2, 0.25) is 0 Å². The van der Waals surface area contributed by atoms with Crippen LogP contribution < -0.4 is 10.1 Å². The number of rotatable bonds is 5. The molecule has 1 N–H and O–H groups in total. The standard InChI is InChI=1S/C15H22N2O2/c1-11-4-5-14(19-3)13(6-11)10-17(2)15(18)7-12-8-16-9-12/h4-6,12,16H,7-10H2,1-3H3. The van der Waals surface area contributed by atoms with Gasteiger partial charge in [-0.25, -0.2) is 0 Å². The van der Waals surface area contributed by atoms with Crippen molar-refractivity contribution in [2.45, 2.75) is 19.9 Å². The Kier molecular flexibility index (Phi) is 4.43. The smallest absolute Gasteiger partial charge is 0.222 e. The monoisotopic (exact) mass is 262 g/mol. The lowest BCUT2D eigenvalue weighted by atomic mass is 9.98. The molecule has 1 amide bonds. The SMILES string of the molecule is COc1ccc(C)cc1CN(C)C(=O)CC1CNC1. The molecule has 1 aliphatic heterocycles. The Balaban J connectivity index is 1.98. The molecule has 1 aromatic carbocycles. The van der Waals surface area contributed by atoms with Crippen molar-refractivity contribution in [2.24, 2.45) is 5.92 Å². The number of nitrogens with one attached hydrogen (secondary N) is 1. The minimum atomic E-state index is 0.204. The van der Waals surface area contributed by atoms with Gasteiger partial charge in [-0.1, -0.05) is 17.7 Å². The first-order valence-corrected chi connectivity index (χ1v) is 6.68. The Morgan fingerprint density at radius 1 is 1.47 bits per heavy atom. The number of nitrogens with zero attached hydrogens (tertiary/aromatic N) is 1. The number of amides is 1. The van der Waals surface area contributed by atoms with Gasteiger partial charge in [0.25, 0.3) is 0 Å². The summed E-state index contributed by atoms with van der Waals surface area (Å²) in [6, 6.07) is 6.05. The fourth-order valence-electron chi connectivity index (χ4n) is 2.27. The van der Waals surface area contributed by atoms with Gasteiger partial charge in [0.15, 0.2) is 0 Å². The second kappa shape index (κ2) is 6.06. The van der Waals surface area contributed by atoms with Crippen molar-refractivity contribution in [3.05, 3.63) is 29.3 Å². The first kappa shape index (κ1) is 13.9. The summed E-state index contributed by atoms with van der Waals surface area (Å²) in [5, 5.41) is 3.19. The summed E-state index contributed by atoms with van der Waals surface area (Å²) >= 11 is 0. The number of hydrogen-bond donors (Lipinski definition) is 1. The minimum absolute atomic E-state index is 0.204. The highest BCUT2D eigenvalue weighted by atomic mass is 16.5. The van der Waals surface area contributed by atoms with Gasteiger partial charge in [-0.05, 0) is 32.0 Å². The summed E-state index contributed by atoms with van der Waals surface area (Å²) in [5.74, 6) is 1.56. The molecule has 1 aromatic rings. The molecule has 4 heteroatoms. The molecule has 19 heavy (non-hydrogen) atoms. The van der Waals surface area contributed by atoms with E-state index >= 15 is 0 Å². The number of benzene rings is 1. The van der Waals surface area contributed by atoms with E-state index < -0.39 is 0 Å². The number of aryl methyl sites for hydroxylation is 1. The fourth-order valence-corrected chi connectivity index (χ4v) is 2.27. The predicted molar refractivity (Wildman–Crippen MR) is 75.2 cm³/mol. The highest BCUT2D eigenvalue weighted by molar-refractivity contribution is 5.76. The maximum absolute atomic E-state index is 12.1. The van der Waals surface area contributed by atoms with Gasteiger partial charge in [0.2, 0.25) is 5.91 Å². The largest absolute Gasteiger partial charge is 0.496 e. The van der Waals surface area contributed by atoms with Gasteiger partial charge >= 0.3 is 0 Å². The highest BCUT2D eigenvalue weighted by Crippen LogP contribution is 2.21. The molecular formula is C15H22N2O2. The molecule has 1 fully saturated rings. The Hall–Kier alpha value is -1.55. The van der Waals surface area contributed by atoms with Crippen LogP contribution in [0.5, 0.6) is 5.75 Å². The molecule has 2 rings (SSSR count). The molecule has 1 aliphatic rings. The second-order valence-electron chi connectivity index (χ2n) is 5.29. The number of methoxy groups -OCH3 is 1. The lowest BCUT2D eigenvalue weighted by molar-refractivity contribution is -0.131. The number of carbonyl (C=O) groups excluding carboxylic acids is 1. The van der Waals surface area contributed by atoms with Crippen LogP contribution in [0.15, 0.2) is 18.2 Å². The molecular weight excluding hydrogens is 240 g/mol. The van der Waals surface area contributed by atoms with Crippen molar-refractivity contribution in [2.75, 3.05) is 27.2 Å². The quantitative estimate of drug-likeness (QED) is 0.876. The first-order valence-electron chi connectivity index (χ1n) is 6.68. The van der Waals surface area contributed by atoms with E-state index in [-0.39, 0.29) is 5.91 Å². The average Bonchev–Trinajstić information content (AvgIpc) is 2.33. The van der Waals surface area contributed by atoms with E-state index in [4.69, 9.17) is 4.74 Å². The van der Waals surface area contributed by atoms with Crippen LogP contribution in [0.3, 0.4) is 0 Å². The van der Waals surface area contributed by atoms with Gasteiger partial charge in [-0.15, -0.1) is 0 Å². The van der Waals surface area contributed by atoms with Crippen LogP contribution >= 0.6 is 0 Å². The zero-order valence-corrected chi connectivity index (χ0v) is 11.9. The lowest BCUT2D eigenvalue weighted by Gasteiger charge is -2.28. The maximum atomic E-state index is 12.1. The van der Waals surface area contributed by atoms with E-state index in [0.29, 0.717) is 18.9 Å². The van der Waals surface area contributed by atoms with Crippen molar-refractivity contribution in [3.63, 3.8) is 0 Å². The number of ether oxygens (including phenoxy) is 1. The van der Waals surface area contributed by atoms with Crippen molar-refractivity contribution in [1.82, 2.24) is 10.2 Å². The first-order chi connectivity index (χ1) is 9.10. The Bertz CT molecular complexity index is 455. The predicted octanol–water partition coefficient (Wildman–Crippen LogP) is 1.57. The lowest BCUT2D eigenvalue weighted by Crippen LogP contribution is -2.44. The van der Waals surface area contributed by atoms with Crippen molar-refractivity contribution < 1.29 is 9.53 Å². The van der Waals surface area contributed by atoms with Gasteiger partial charge in [0, 0.05) is 25.6 Å². The van der Waals surface area contributed by atoms with Crippen LogP contribution in [0.4, 0.5) is 0 Å². The van der Waals surface area contributed by atoms with E-state index in [2.05, 4.69) is 11.4 Å². The molecule has 0 bridgehead atoms. The molecule has 1 saturated heterocycles. The van der Waals surface area contributed by atoms with E-state index in [1.54, 1.807) is 12.0 Å². The molecule has 0 unspecified atom stereocenters. The molecule has 104 valence electrons. The van der Waals surface area contributed by atoms with Crippen molar-refractivity contribution in [3.8, 4) is 5.75 Å². The average molecular weight is 262 g/mol. The van der Waals surface area contributed by atoms with Crippen LogP contribution in [0.25, 0.3) is 0 Å². The zero-order valence-electron chi connectivity index (χ0n) is 11.9. The molecule has 0 aliphatic carbocycles. The van der Waals surface area contributed by atoms with Crippen LogP contribution in [0, 0.1) is 12.8 Å². The molecule has 0 saturated carbocycles. The third kappa shape index (κ3) is 3.47. The van der Waals surface area contributed by atoms with Crippen molar-refractivity contribution in [1.29, 1.82) is 0 Å². The van der Waals surface area contributed by atoms with Gasteiger partial charge in [-0.3, -0.25) is 4.79 Å². The van der Waals surface area contributed by atoms with Crippen LogP contribution in [-0.4, -0.2) is 38.1 Å². The van der Waals surface area contributed by atoms with Gasteiger partial charge in [0.1, 0.15) is 5.75 Å². The highest BCUT2D eigenvalue weighted by Gasteiger charge is 2.22. The second-order valence-corrected chi connectivity index (χ2v) is 5.29. The van der Waals surface area contributed by atoms with Crippen molar-refractivity contribution >= 4 is 5.91 Å². The summed E-state index contributed by atoms with van der Waals surface area (Å²) in [7, 11) is 3.52. The summed E-state index contributed by atoms with van der Waals surface area (Å²) in [6.45, 7) is 4.58. The zero-order chi connectivity index (χ0) is 13.8. The van der Waals surface area contributed by atoms with E-state index in [1.807, 2.05) is 26.1 Å². The van der Waals surface area contributed by atoms with Gasteiger partial charge in [0.05, 0.1) is 7.11 Å². The summed E-state index contributed by atoms with van der Waals surface area (Å²) in [5.41, 5.74) is 2.24. The summed E-state index contributed by atoms with van der Waals surface area (Å²) in [6.07, 6.45) is 0.637. The molecule has 0 spiro atoms. The minimum Gasteiger partial charge on any atom is -0.496 e. The molecule has 0 radical (unpaired) electrons. The Morgan fingerprint density at radius 3 is 2.79 bits per heavy atom. The normalized spacial score (nSPS) is 14.9. The summed E-state index contributed by atoms with van der Waals surface area (Å²) in [4.78, 5) is 13.9. The molecule has 0 atom stereocenters. The van der Waals surface area contributed by atoms with E-state index in [1.165, 1.54) is 5.56 Å². The third-order valence-electron chi connectivity index (χ3n) is 3.60. The third-order valence-corrected chi connectivity index (χ3v) is 3.60. The molecule has 1 heterocycles. The molecule has 4 nitrogen and oxygen atoms in total. The Morgan fingerprint density at radius 2 is 2.21 bits per heavy atom. The topological polar surface area (TPSA) is 41.6 Å². The van der Waals surface area contributed by atoms with Crippen LogP contribution in [0.1, 0.15) is 17.5 Å².